The fourth-order valence-corrected chi connectivity index (χ4v) is 2.05. The summed E-state index contributed by atoms with van der Waals surface area (Å²) >= 11 is 0. The third kappa shape index (κ3) is 2.31. The van der Waals surface area contributed by atoms with Crippen LogP contribution in [-0.4, -0.2) is 9.97 Å². The first-order valence-electron chi connectivity index (χ1n) is 6.27. The molecule has 3 N–H and O–H groups in total. The summed E-state index contributed by atoms with van der Waals surface area (Å²) in [5.74, 6) is 0. The number of nitrogens with zero attached hydrogens (tertiary/aromatic N) is 1. The van der Waals surface area contributed by atoms with Gasteiger partial charge in [-0.1, -0.05) is 32.9 Å². The minimum Gasteiger partial charge on any atom is -0.347 e. The van der Waals surface area contributed by atoms with Gasteiger partial charge in [-0.15, -0.1) is 0 Å². The van der Waals surface area contributed by atoms with Gasteiger partial charge < -0.3 is 10.7 Å². The van der Waals surface area contributed by atoms with Gasteiger partial charge in [0.25, 0.3) is 0 Å². The number of rotatable bonds is 2. The minimum atomic E-state index is 0.141. The molecule has 3 heteroatoms. The van der Waals surface area contributed by atoms with Crippen LogP contribution in [-0.2, 0) is 12.0 Å². The molecule has 1 aromatic heterocycles. The van der Waals surface area contributed by atoms with Crippen LogP contribution in [0.1, 0.15) is 37.6 Å². The molecule has 96 valence electrons. The van der Waals surface area contributed by atoms with Gasteiger partial charge in [0.15, 0.2) is 0 Å². The fraction of sp³-hybridized carbons (Fsp3) is 0.400. The summed E-state index contributed by atoms with van der Waals surface area (Å²) in [5, 5.41) is 0. The van der Waals surface area contributed by atoms with Crippen molar-refractivity contribution in [1.29, 1.82) is 0 Å². The van der Waals surface area contributed by atoms with Gasteiger partial charge >= 0.3 is 0 Å². The fourth-order valence-electron chi connectivity index (χ4n) is 2.05. The van der Waals surface area contributed by atoms with Gasteiger partial charge in [-0.2, -0.15) is 0 Å². The topological polar surface area (TPSA) is 54.7 Å². The Morgan fingerprint density at radius 2 is 2.00 bits per heavy atom. The average molecular weight is 243 g/mol. The highest BCUT2D eigenvalue weighted by Crippen LogP contribution is 2.30. The monoisotopic (exact) mass is 243 g/mol. The Morgan fingerprint density at radius 1 is 1.28 bits per heavy atom. The Bertz CT molecular complexity index is 547. The lowest BCUT2D eigenvalue weighted by molar-refractivity contribution is 0.590. The zero-order valence-corrected chi connectivity index (χ0v) is 11.5. The molecule has 2 rings (SSSR count). The normalized spacial score (nSPS) is 11.8. The van der Waals surface area contributed by atoms with E-state index in [-0.39, 0.29) is 5.41 Å². The lowest BCUT2D eigenvalue weighted by Crippen LogP contribution is -2.11. The van der Waals surface area contributed by atoms with Crippen LogP contribution in [0.4, 0.5) is 0 Å². The molecule has 18 heavy (non-hydrogen) atoms. The van der Waals surface area contributed by atoms with Gasteiger partial charge in [-0.3, -0.25) is 0 Å². The highest BCUT2D eigenvalue weighted by Gasteiger charge is 2.17. The van der Waals surface area contributed by atoms with Crippen LogP contribution >= 0.6 is 0 Å². The van der Waals surface area contributed by atoms with Crippen molar-refractivity contribution in [2.75, 3.05) is 0 Å². The smallest absolute Gasteiger partial charge is 0.0929 e. The number of nitrogens with two attached hydrogens (primary N) is 1. The first-order valence-corrected chi connectivity index (χ1v) is 6.27. The van der Waals surface area contributed by atoms with Gasteiger partial charge in [-0.25, -0.2) is 4.98 Å². The van der Waals surface area contributed by atoms with Crippen LogP contribution in [0.15, 0.2) is 24.5 Å². The third-order valence-electron chi connectivity index (χ3n) is 3.28. The van der Waals surface area contributed by atoms with Crippen molar-refractivity contribution in [3.63, 3.8) is 0 Å². The SMILES string of the molecule is Cc1ccc(C(C)(C)C)cc1-c1nc[nH]c1CN. The quantitative estimate of drug-likeness (QED) is 0.851. The molecule has 0 fully saturated rings. The highest BCUT2D eigenvalue weighted by atomic mass is 14.9. The molecule has 1 aromatic carbocycles. The van der Waals surface area contributed by atoms with E-state index in [0.717, 1.165) is 11.4 Å². The summed E-state index contributed by atoms with van der Waals surface area (Å²) in [7, 11) is 0. The molecular formula is C15H21N3. The van der Waals surface area contributed by atoms with Crippen molar-refractivity contribution in [1.82, 2.24) is 9.97 Å². The van der Waals surface area contributed by atoms with Crippen LogP contribution in [0.3, 0.4) is 0 Å². The summed E-state index contributed by atoms with van der Waals surface area (Å²) in [6, 6.07) is 6.57. The molecular weight excluding hydrogens is 222 g/mol. The largest absolute Gasteiger partial charge is 0.347 e. The van der Waals surface area contributed by atoms with Crippen molar-refractivity contribution in [3.05, 3.63) is 41.3 Å². The van der Waals surface area contributed by atoms with Gasteiger partial charge in [0.1, 0.15) is 0 Å². The van der Waals surface area contributed by atoms with E-state index in [9.17, 15) is 0 Å². The van der Waals surface area contributed by atoms with Crippen molar-refractivity contribution < 1.29 is 0 Å². The van der Waals surface area contributed by atoms with Gasteiger partial charge in [0.2, 0.25) is 0 Å². The van der Waals surface area contributed by atoms with Gasteiger partial charge in [0.05, 0.1) is 17.7 Å². The molecule has 0 saturated carbocycles. The van der Waals surface area contributed by atoms with Crippen molar-refractivity contribution in [3.8, 4) is 11.3 Å². The molecule has 0 unspecified atom stereocenters. The van der Waals surface area contributed by atoms with E-state index in [4.69, 9.17) is 5.73 Å². The molecule has 0 saturated heterocycles. The molecule has 3 nitrogen and oxygen atoms in total. The Kier molecular flexibility index (Phi) is 3.26. The van der Waals surface area contributed by atoms with E-state index >= 15 is 0 Å². The predicted molar refractivity (Wildman–Crippen MR) is 75.4 cm³/mol. The lowest BCUT2D eigenvalue weighted by Gasteiger charge is -2.20. The Hall–Kier alpha value is -1.61. The third-order valence-corrected chi connectivity index (χ3v) is 3.28. The minimum absolute atomic E-state index is 0.141. The number of aryl methyl sites for hydroxylation is 1. The van der Waals surface area contributed by atoms with Crippen LogP contribution in [0, 0.1) is 6.92 Å². The summed E-state index contributed by atoms with van der Waals surface area (Å²) < 4.78 is 0. The molecule has 0 amide bonds. The number of nitrogens with one attached hydrogen (secondary N) is 1. The maximum absolute atomic E-state index is 5.74. The molecule has 0 aliphatic carbocycles. The Labute approximate surface area is 108 Å². The van der Waals surface area contributed by atoms with E-state index in [1.807, 2.05) is 0 Å². The van der Waals surface area contributed by atoms with E-state index in [2.05, 4.69) is 55.9 Å². The number of imidazole rings is 1. The number of aromatic amines is 1. The maximum atomic E-state index is 5.74. The van der Waals surface area contributed by atoms with Crippen LogP contribution in [0.25, 0.3) is 11.3 Å². The zero-order chi connectivity index (χ0) is 13.3. The molecule has 0 radical (unpaired) electrons. The second-order valence-corrected chi connectivity index (χ2v) is 5.71. The van der Waals surface area contributed by atoms with E-state index in [1.165, 1.54) is 16.7 Å². The number of hydrogen-bond donors (Lipinski definition) is 2. The average Bonchev–Trinajstić information content (AvgIpc) is 2.76. The highest BCUT2D eigenvalue weighted by molar-refractivity contribution is 5.67. The van der Waals surface area contributed by atoms with E-state index in [1.54, 1.807) is 6.33 Å². The molecule has 0 spiro atoms. The first-order chi connectivity index (χ1) is 8.43. The van der Waals surface area contributed by atoms with Crippen LogP contribution < -0.4 is 5.73 Å². The maximum Gasteiger partial charge on any atom is 0.0929 e. The Balaban J connectivity index is 2.57. The molecule has 0 aliphatic rings. The van der Waals surface area contributed by atoms with E-state index < -0.39 is 0 Å². The molecule has 0 atom stereocenters. The number of H-pyrrole nitrogens is 1. The van der Waals surface area contributed by atoms with Crippen molar-refractivity contribution in [2.24, 2.45) is 5.73 Å². The van der Waals surface area contributed by atoms with Crippen LogP contribution in [0.5, 0.6) is 0 Å². The predicted octanol–water partition coefficient (Wildman–Crippen LogP) is 3.14. The second-order valence-electron chi connectivity index (χ2n) is 5.71. The molecule has 0 bridgehead atoms. The van der Waals surface area contributed by atoms with E-state index in [0.29, 0.717) is 6.54 Å². The summed E-state index contributed by atoms with van der Waals surface area (Å²) in [6.07, 6.45) is 1.71. The molecule has 0 aliphatic heterocycles. The number of hydrogen-bond acceptors (Lipinski definition) is 2. The van der Waals surface area contributed by atoms with Crippen LogP contribution in [0.2, 0.25) is 0 Å². The lowest BCUT2D eigenvalue weighted by atomic mass is 9.85. The first kappa shape index (κ1) is 12.8. The second kappa shape index (κ2) is 4.58. The molecule has 1 heterocycles. The summed E-state index contributed by atoms with van der Waals surface area (Å²) in [6.45, 7) is 9.24. The molecule has 2 aromatic rings. The standard InChI is InChI=1S/C15H21N3/c1-10-5-6-11(15(2,3)4)7-12(10)14-13(8-16)17-9-18-14/h5-7,9H,8,16H2,1-4H3,(H,17,18). The summed E-state index contributed by atoms with van der Waals surface area (Å²) in [5.41, 5.74) is 11.5. The number of benzene rings is 1. The van der Waals surface area contributed by atoms with Gasteiger partial charge in [-0.05, 0) is 29.5 Å². The summed E-state index contributed by atoms with van der Waals surface area (Å²) in [4.78, 5) is 7.51. The Morgan fingerprint density at radius 3 is 2.61 bits per heavy atom. The van der Waals surface area contributed by atoms with Gasteiger partial charge in [0, 0.05) is 12.1 Å². The van der Waals surface area contributed by atoms with Crippen molar-refractivity contribution in [2.45, 2.75) is 39.7 Å². The zero-order valence-electron chi connectivity index (χ0n) is 11.5. The number of aromatic nitrogens is 2. The van der Waals surface area contributed by atoms with Crippen molar-refractivity contribution >= 4 is 0 Å².